The van der Waals surface area contributed by atoms with Crippen LogP contribution >= 0.6 is 34.7 Å². The summed E-state index contributed by atoms with van der Waals surface area (Å²) in [4.78, 5) is 41.5. The first-order valence-electron chi connectivity index (χ1n) is 14.5. The van der Waals surface area contributed by atoms with Gasteiger partial charge in [0.15, 0.2) is 0 Å². The zero-order chi connectivity index (χ0) is 31.9. The van der Waals surface area contributed by atoms with Crippen molar-refractivity contribution in [3.8, 4) is 6.07 Å². The number of nitrogens with zero attached hydrogens (tertiary/aromatic N) is 1. The number of thiophene rings is 1. The third-order valence-corrected chi connectivity index (χ3v) is 9.98. The van der Waals surface area contributed by atoms with Crippen molar-refractivity contribution >= 4 is 69.2 Å². The van der Waals surface area contributed by atoms with E-state index in [1.54, 1.807) is 79.7 Å². The second-order valence-corrected chi connectivity index (χ2v) is 13.7. The molecule has 0 bridgehead atoms. The van der Waals surface area contributed by atoms with Crippen LogP contribution in [0.2, 0.25) is 5.02 Å². The van der Waals surface area contributed by atoms with Gasteiger partial charge >= 0.3 is 0 Å². The molecule has 1 aliphatic carbocycles. The Morgan fingerprint density at radius 3 is 2.56 bits per heavy atom. The summed E-state index contributed by atoms with van der Waals surface area (Å²) in [6.45, 7) is 4.01. The fraction of sp³-hybridized carbons (Fsp3) is 0.200. The number of thioether (sulfide) groups is 1. The summed E-state index contributed by atoms with van der Waals surface area (Å²) in [6, 6.07) is 25.1. The maximum atomic E-state index is 13.5. The van der Waals surface area contributed by atoms with Gasteiger partial charge in [-0.15, -0.1) is 23.1 Å². The van der Waals surface area contributed by atoms with Gasteiger partial charge < -0.3 is 16.0 Å². The number of carbonyl (C=O) groups is 3. The standard InChI is InChI=1S/C35H31ClN4O3S2/c1-21-15-16-27-28(20-37)35(45-31(27)17-21)40-32(41)22(2)44-26-13-8-12-25(19-26)38-34(43)30(18-24-11-6-7-14-29(24)36)39-33(42)23-9-4-3-5-10-23/h3-14,18-19,21-22H,15-17H2,1-2H3,(H,38,43)(H,39,42)(H,40,41)/b30-18+. The Hall–Kier alpha value is -4.36. The summed E-state index contributed by atoms with van der Waals surface area (Å²) in [5, 5.41) is 18.9. The van der Waals surface area contributed by atoms with Gasteiger partial charge in [0.05, 0.1) is 10.8 Å². The molecule has 3 N–H and O–H groups in total. The van der Waals surface area contributed by atoms with Crippen molar-refractivity contribution < 1.29 is 14.4 Å². The van der Waals surface area contributed by atoms with Crippen molar-refractivity contribution in [1.82, 2.24) is 5.32 Å². The summed E-state index contributed by atoms with van der Waals surface area (Å²) >= 11 is 9.18. The van der Waals surface area contributed by atoms with Gasteiger partial charge in [0, 0.05) is 26.0 Å². The third-order valence-electron chi connectivity index (χ3n) is 7.37. The highest BCUT2D eigenvalue weighted by Gasteiger charge is 2.26. The first kappa shape index (κ1) is 32.0. The monoisotopic (exact) mass is 654 g/mol. The van der Waals surface area contributed by atoms with Crippen molar-refractivity contribution in [2.45, 2.75) is 43.3 Å². The average molecular weight is 655 g/mol. The van der Waals surface area contributed by atoms with Crippen LogP contribution in [-0.4, -0.2) is 23.0 Å². The van der Waals surface area contributed by atoms with Crippen molar-refractivity contribution in [2.75, 3.05) is 10.6 Å². The number of rotatable bonds is 9. The summed E-state index contributed by atoms with van der Waals surface area (Å²) in [5.74, 6) is -0.608. The number of halogens is 1. The molecule has 10 heteroatoms. The van der Waals surface area contributed by atoms with Gasteiger partial charge in [-0.05, 0) is 85.7 Å². The van der Waals surface area contributed by atoms with E-state index in [1.807, 2.05) is 6.07 Å². The minimum absolute atomic E-state index is 0.0177. The number of nitrogens with one attached hydrogen (secondary N) is 3. The highest BCUT2D eigenvalue weighted by Crippen LogP contribution is 2.39. The first-order chi connectivity index (χ1) is 21.7. The topological polar surface area (TPSA) is 111 Å². The normalized spacial score (nSPS) is 14.9. The molecular weight excluding hydrogens is 624 g/mol. The molecule has 1 aliphatic rings. The summed E-state index contributed by atoms with van der Waals surface area (Å²) in [7, 11) is 0. The smallest absolute Gasteiger partial charge is 0.272 e. The van der Waals surface area contributed by atoms with Gasteiger partial charge in [0.25, 0.3) is 11.8 Å². The van der Waals surface area contributed by atoms with E-state index in [0.717, 1.165) is 29.7 Å². The van der Waals surface area contributed by atoms with Crippen molar-refractivity contribution in [3.05, 3.63) is 117 Å². The maximum absolute atomic E-state index is 13.5. The van der Waals surface area contributed by atoms with Crippen LogP contribution < -0.4 is 16.0 Å². The Morgan fingerprint density at radius 2 is 1.80 bits per heavy atom. The second kappa shape index (κ2) is 14.6. The van der Waals surface area contributed by atoms with E-state index in [2.05, 4.69) is 28.9 Å². The van der Waals surface area contributed by atoms with Crippen LogP contribution in [0, 0.1) is 17.2 Å². The molecule has 2 atom stereocenters. The lowest BCUT2D eigenvalue weighted by Gasteiger charge is -2.17. The molecule has 1 aromatic heterocycles. The molecule has 0 aliphatic heterocycles. The number of amides is 3. The molecule has 0 saturated heterocycles. The number of hydrogen-bond acceptors (Lipinski definition) is 6. The van der Waals surface area contributed by atoms with Crippen LogP contribution in [-0.2, 0) is 22.4 Å². The molecule has 0 spiro atoms. The molecule has 2 unspecified atom stereocenters. The first-order valence-corrected chi connectivity index (χ1v) is 16.6. The molecule has 3 amide bonds. The Kier molecular flexibility index (Phi) is 10.4. The molecule has 5 rings (SSSR count). The predicted octanol–water partition coefficient (Wildman–Crippen LogP) is 7.93. The predicted molar refractivity (Wildman–Crippen MR) is 183 cm³/mol. The van der Waals surface area contributed by atoms with Gasteiger partial charge in [-0.2, -0.15) is 5.26 Å². The molecule has 1 heterocycles. The van der Waals surface area contributed by atoms with Crippen LogP contribution in [0.4, 0.5) is 10.7 Å². The Balaban J connectivity index is 1.29. The lowest BCUT2D eigenvalue weighted by atomic mass is 9.89. The van der Waals surface area contributed by atoms with Gasteiger partial charge in [-0.1, -0.05) is 61.0 Å². The molecule has 45 heavy (non-hydrogen) atoms. The fourth-order valence-corrected chi connectivity index (χ4v) is 7.44. The summed E-state index contributed by atoms with van der Waals surface area (Å²) in [5.41, 5.74) is 3.13. The number of nitriles is 1. The minimum atomic E-state index is -0.535. The number of benzene rings is 3. The summed E-state index contributed by atoms with van der Waals surface area (Å²) < 4.78 is 0. The van der Waals surface area contributed by atoms with Crippen LogP contribution in [0.5, 0.6) is 0 Å². The zero-order valence-corrected chi connectivity index (χ0v) is 27.1. The van der Waals surface area contributed by atoms with E-state index in [4.69, 9.17) is 11.6 Å². The van der Waals surface area contributed by atoms with E-state index in [-0.39, 0.29) is 11.6 Å². The molecular formula is C35H31ClN4O3S2. The van der Waals surface area contributed by atoms with Crippen LogP contribution in [0.15, 0.2) is 89.5 Å². The molecule has 0 fully saturated rings. The van der Waals surface area contributed by atoms with Gasteiger partial charge in [0.1, 0.15) is 16.8 Å². The Labute approximate surface area is 275 Å². The molecule has 7 nitrogen and oxygen atoms in total. The van der Waals surface area contributed by atoms with Crippen molar-refractivity contribution in [2.24, 2.45) is 5.92 Å². The zero-order valence-electron chi connectivity index (χ0n) is 24.7. The van der Waals surface area contributed by atoms with E-state index in [1.165, 1.54) is 34.1 Å². The molecule has 4 aromatic rings. The SMILES string of the molecule is CC1CCc2c(sc(NC(=O)C(C)Sc3cccc(NC(=O)/C(=C\c4ccccc4Cl)NC(=O)c4ccccc4)c3)c2C#N)C1. The van der Waals surface area contributed by atoms with Crippen LogP contribution in [0.25, 0.3) is 6.08 Å². The minimum Gasteiger partial charge on any atom is -0.321 e. The number of hydrogen-bond donors (Lipinski definition) is 3. The van der Waals surface area contributed by atoms with E-state index >= 15 is 0 Å². The van der Waals surface area contributed by atoms with Crippen LogP contribution in [0.1, 0.15) is 52.2 Å². The number of fused-ring (bicyclic) bond motifs is 1. The fourth-order valence-electron chi connectivity index (χ4n) is 4.96. The lowest BCUT2D eigenvalue weighted by Crippen LogP contribution is -2.30. The molecule has 0 saturated carbocycles. The Bertz CT molecular complexity index is 1810. The van der Waals surface area contributed by atoms with Gasteiger partial charge in [0.2, 0.25) is 5.91 Å². The molecule has 0 radical (unpaired) electrons. The summed E-state index contributed by atoms with van der Waals surface area (Å²) in [6.07, 6.45) is 4.36. The van der Waals surface area contributed by atoms with E-state index < -0.39 is 17.1 Å². The average Bonchev–Trinajstić information content (AvgIpc) is 3.37. The Morgan fingerprint density at radius 1 is 1.04 bits per heavy atom. The largest absolute Gasteiger partial charge is 0.321 e. The van der Waals surface area contributed by atoms with Crippen molar-refractivity contribution in [3.63, 3.8) is 0 Å². The highest BCUT2D eigenvalue weighted by atomic mass is 35.5. The lowest BCUT2D eigenvalue weighted by molar-refractivity contribution is -0.115. The number of anilines is 2. The maximum Gasteiger partial charge on any atom is 0.272 e. The highest BCUT2D eigenvalue weighted by molar-refractivity contribution is 8.00. The van der Waals surface area contributed by atoms with Crippen molar-refractivity contribution in [1.29, 1.82) is 5.26 Å². The molecule has 3 aromatic carbocycles. The third kappa shape index (κ3) is 8.03. The van der Waals surface area contributed by atoms with Gasteiger partial charge in [-0.25, -0.2) is 0 Å². The molecule has 228 valence electrons. The number of carbonyl (C=O) groups excluding carboxylic acids is 3. The van der Waals surface area contributed by atoms with E-state index in [9.17, 15) is 19.6 Å². The van der Waals surface area contributed by atoms with E-state index in [0.29, 0.717) is 38.3 Å². The second-order valence-electron chi connectivity index (χ2n) is 10.8. The van der Waals surface area contributed by atoms with Crippen LogP contribution in [0.3, 0.4) is 0 Å². The van der Waals surface area contributed by atoms with Gasteiger partial charge in [-0.3, -0.25) is 14.4 Å². The quantitative estimate of drug-likeness (QED) is 0.125.